The van der Waals surface area contributed by atoms with Crippen molar-refractivity contribution in [2.75, 3.05) is 5.32 Å². The smallest absolute Gasteiger partial charge is 0.297 e. The Balaban J connectivity index is 1.48. The third-order valence-electron chi connectivity index (χ3n) is 5.57. The topological polar surface area (TPSA) is 66.4 Å². The number of ketones is 1. The number of nitrogens with one attached hydrogen (secondary N) is 1. The second kappa shape index (κ2) is 12.0. The molecule has 0 radical (unpaired) electrons. The summed E-state index contributed by atoms with van der Waals surface area (Å²) in [4.78, 5) is 25.0. The number of fused-ring (bicyclic) bond motifs is 1. The molecule has 0 atom stereocenters. The van der Waals surface area contributed by atoms with E-state index in [9.17, 15) is 14.7 Å². The maximum atomic E-state index is 12.6. The fourth-order valence-corrected chi connectivity index (χ4v) is 4.91. The van der Waals surface area contributed by atoms with Crippen LogP contribution in [0, 0.1) is 0 Å². The number of rotatable bonds is 12. The number of amides is 1. The summed E-state index contributed by atoms with van der Waals surface area (Å²) in [7, 11) is 0. The minimum atomic E-state index is -0.770. The summed E-state index contributed by atoms with van der Waals surface area (Å²) >= 11 is 7.04. The number of halogens is 1. The first-order valence-electron chi connectivity index (χ1n) is 11.3. The fourth-order valence-electron chi connectivity index (χ4n) is 3.72. The summed E-state index contributed by atoms with van der Waals surface area (Å²) in [5.41, 5.74) is 1.78. The number of anilines is 1. The summed E-state index contributed by atoms with van der Waals surface area (Å²) < 4.78 is 0.702. The number of unbranched alkanes of at least 4 members (excludes halogenated alkanes) is 7. The van der Waals surface area contributed by atoms with Gasteiger partial charge < -0.3 is 10.4 Å². The highest BCUT2D eigenvalue weighted by Crippen LogP contribution is 2.38. The summed E-state index contributed by atoms with van der Waals surface area (Å²) in [6.07, 6.45) is 11.3. The van der Waals surface area contributed by atoms with E-state index in [-0.39, 0.29) is 10.6 Å². The number of carbonyl (C=O) groups excluding carboxylic acids is 2. The molecule has 1 amide bonds. The van der Waals surface area contributed by atoms with Crippen LogP contribution in [0.25, 0.3) is 10.1 Å². The van der Waals surface area contributed by atoms with E-state index < -0.39 is 11.7 Å². The molecular weight excluding hydrogens is 442 g/mol. The third kappa shape index (κ3) is 6.57. The Morgan fingerprint density at radius 1 is 0.938 bits per heavy atom. The van der Waals surface area contributed by atoms with E-state index in [4.69, 9.17) is 11.6 Å². The quantitative estimate of drug-likeness (QED) is 0.161. The first-order valence-corrected chi connectivity index (χ1v) is 12.5. The number of carbonyl (C=O) groups is 2. The average molecular weight is 472 g/mol. The molecule has 3 aromatic rings. The number of benzene rings is 2. The van der Waals surface area contributed by atoms with Crippen molar-refractivity contribution < 1.29 is 14.7 Å². The van der Waals surface area contributed by atoms with Crippen LogP contribution in [-0.2, 0) is 11.2 Å². The van der Waals surface area contributed by atoms with Crippen molar-refractivity contribution in [3.8, 4) is 5.75 Å². The first kappa shape index (κ1) is 24.3. The number of hydrogen-bond acceptors (Lipinski definition) is 4. The molecule has 1 heterocycles. The lowest BCUT2D eigenvalue weighted by molar-refractivity contribution is -0.112. The van der Waals surface area contributed by atoms with E-state index >= 15 is 0 Å². The Morgan fingerprint density at radius 3 is 2.28 bits per heavy atom. The fraction of sp³-hybridized carbons (Fsp3) is 0.385. The van der Waals surface area contributed by atoms with Gasteiger partial charge in [-0.2, -0.15) is 0 Å². The number of Topliss-reactive ketones (excluding diaryl/α,β-unsaturated/α-hetero) is 1. The average Bonchev–Trinajstić information content (AvgIpc) is 3.12. The molecule has 0 fully saturated rings. The molecule has 4 nitrogen and oxygen atoms in total. The number of aryl methyl sites for hydroxylation is 1. The second-order valence-electron chi connectivity index (χ2n) is 8.13. The van der Waals surface area contributed by atoms with Gasteiger partial charge in [-0.25, -0.2) is 0 Å². The Morgan fingerprint density at radius 2 is 1.59 bits per heavy atom. The molecule has 3 rings (SSSR count). The molecule has 0 bridgehead atoms. The van der Waals surface area contributed by atoms with Gasteiger partial charge in [0.2, 0.25) is 0 Å². The van der Waals surface area contributed by atoms with E-state index in [1.807, 2.05) is 24.3 Å². The van der Waals surface area contributed by atoms with Crippen molar-refractivity contribution in [1.29, 1.82) is 0 Å². The molecule has 32 heavy (non-hydrogen) atoms. The van der Waals surface area contributed by atoms with Crippen molar-refractivity contribution in [2.24, 2.45) is 0 Å². The molecule has 0 spiro atoms. The highest BCUT2D eigenvalue weighted by molar-refractivity contribution is 7.22. The van der Waals surface area contributed by atoms with E-state index in [2.05, 4.69) is 12.2 Å². The minimum Gasteiger partial charge on any atom is -0.506 e. The molecule has 2 N–H and O–H groups in total. The number of thiophene rings is 1. The highest BCUT2D eigenvalue weighted by atomic mass is 35.5. The van der Waals surface area contributed by atoms with Crippen LogP contribution in [0.1, 0.15) is 73.5 Å². The Hall–Kier alpha value is -2.37. The van der Waals surface area contributed by atoms with Gasteiger partial charge in [0.05, 0.1) is 0 Å². The molecule has 6 heteroatoms. The molecule has 0 unspecified atom stereocenters. The van der Waals surface area contributed by atoms with Gasteiger partial charge in [0.15, 0.2) is 0 Å². The van der Waals surface area contributed by atoms with Crippen LogP contribution in [0.2, 0.25) is 5.02 Å². The number of aromatic hydroxyl groups is 1. The van der Waals surface area contributed by atoms with Crippen molar-refractivity contribution >= 4 is 50.4 Å². The van der Waals surface area contributed by atoms with Crippen LogP contribution < -0.4 is 5.32 Å². The van der Waals surface area contributed by atoms with Gasteiger partial charge in [-0.15, -0.1) is 11.3 Å². The van der Waals surface area contributed by atoms with Crippen LogP contribution in [0.4, 0.5) is 5.69 Å². The van der Waals surface area contributed by atoms with Gasteiger partial charge in [0, 0.05) is 20.8 Å². The van der Waals surface area contributed by atoms with Crippen molar-refractivity contribution in [3.05, 3.63) is 57.9 Å². The van der Waals surface area contributed by atoms with Crippen molar-refractivity contribution in [3.63, 3.8) is 0 Å². The number of hydrogen-bond donors (Lipinski definition) is 2. The Bertz CT molecular complexity index is 1060. The highest BCUT2D eigenvalue weighted by Gasteiger charge is 2.24. The summed E-state index contributed by atoms with van der Waals surface area (Å²) in [5.74, 6) is -1.73. The van der Waals surface area contributed by atoms with Crippen LogP contribution in [0.5, 0.6) is 5.75 Å². The third-order valence-corrected chi connectivity index (χ3v) is 6.96. The zero-order chi connectivity index (χ0) is 22.9. The molecule has 0 aliphatic rings. The van der Waals surface area contributed by atoms with Crippen LogP contribution in [-0.4, -0.2) is 16.8 Å². The van der Waals surface area contributed by atoms with E-state index in [0.29, 0.717) is 20.8 Å². The maximum absolute atomic E-state index is 12.6. The molecule has 170 valence electrons. The molecular formula is C26H30ClNO3S. The van der Waals surface area contributed by atoms with Crippen LogP contribution in [0.3, 0.4) is 0 Å². The summed E-state index contributed by atoms with van der Waals surface area (Å²) in [5, 5.41) is 13.9. The minimum absolute atomic E-state index is 0.0195. The predicted octanol–water partition coefficient (Wildman–Crippen LogP) is 7.76. The SMILES string of the molecule is CCCCCCCCCCc1ccc(NC(=O)C(=O)c2sc3ccc(Cl)cc3c2O)cc1. The standard InChI is InChI=1S/C26H30ClNO3S/c1-2-3-4-5-6-7-8-9-10-18-11-14-20(15-12-18)28-26(31)24(30)25-23(29)21-17-19(27)13-16-22(21)32-25/h11-17,29H,2-10H2,1H3,(H,28,31). The molecule has 0 saturated carbocycles. The zero-order valence-corrected chi connectivity index (χ0v) is 20.0. The van der Waals surface area contributed by atoms with Gasteiger partial charge >= 0.3 is 0 Å². The molecule has 0 saturated heterocycles. The first-order chi connectivity index (χ1) is 15.5. The summed E-state index contributed by atoms with van der Waals surface area (Å²) in [6.45, 7) is 2.24. The van der Waals surface area contributed by atoms with Gasteiger partial charge in [0.1, 0.15) is 10.6 Å². The van der Waals surface area contributed by atoms with E-state index in [1.165, 1.54) is 50.5 Å². The molecule has 1 aromatic heterocycles. The molecule has 0 aliphatic heterocycles. The lowest BCUT2D eigenvalue weighted by Gasteiger charge is -2.06. The normalized spacial score (nSPS) is 11.1. The van der Waals surface area contributed by atoms with Gasteiger partial charge in [-0.3, -0.25) is 9.59 Å². The van der Waals surface area contributed by atoms with Gasteiger partial charge in [0.25, 0.3) is 11.7 Å². The molecule has 0 aliphatic carbocycles. The maximum Gasteiger partial charge on any atom is 0.297 e. The second-order valence-corrected chi connectivity index (χ2v) is 9.61. The largest absolute Gasteiger partial charge is 0.506 e. The van der Waals surface area contributed by atoms with Gasteiger partial charge in [-0.1, -0.05) is 75.6 Å². The Kier molecular flexibility index (Phi) is 9.12. The van der Waals surface area contributed by atoms with Crippen LogP contribution >= 0.6 is 22.9 Å². The van der Waals surface area contributed by atoms with E-state index in [1.54, 1.807) is 18.2 Å². The van der Waals surface area contributed by atoms with E-state index in [0.717, 1.165) is 24.2 Å². The van der Waals surface area contributed by atoms with Gasteiger partial charge in [-0.05, 0) is 48.7 Å². The Labute approximate surface area is 198 Å². The van der Waals surface area contributed by atoms with Crippen molar-refractivity contribution in [1.82, 2.24) is 0 Å². The predicted molar refractivity (Wildman–Crippen MR) is 134 cm³/mol. The lowest BCUT2D eigenvalue weighted by Crippen LogP contribution is -2.22. The van der Waals surface area contributed by atoms with Crippen LogP contribution in [0.15, 0.2) is 42.5 Å². The summed E-state index contributed by atoms with van der Waals surface area (Å²) in [6, 6.07) is 12.6. The molecule has 2 aromatic carbocycles. The van der Waals surface area contributed by atoms with Crippen molar-refractivity contribution in [2.45, 2.75) is 64.7 Å². The lowest BCUT2D eigenvalue weighted by atomic mass is 10.0. The zero-order valence-electron chi connectivity index (χ0n) is 18.5. The monoisotopic (exact) mass is 471 g/mol.